The van der Waals surface area contributed by atoms with Crippen LogP contribution in [0.4, 0.5) is 4.79 Å². The van der Waals surface area contributed by atoms with Crippen molar-refractivity contribution in [2.75, 3.05) is 13.2 Å². The third-order valence-corrected chi connectivity index (χ3v) is 11.1. The van der Waals surface area contributed by atoms with Gasteiger partial charge in [0.1, 0.15) is 29.8 Å². The highest BCUT2D eigenvalue weighted by Gasteiger charge is 2.50. The van der Waals surface area contributed by atoms with Crippen LogP contribution < -0.4 is 0 Å². The molecule has 0 unspecified atom stereocenters. The predicted molar refractivity (Wildman–Crippen MR) is 108 cm³/mol. The van der Waals surface area contributed by atoms with Crippen LogP contribution in [0.25, 0.3) is 0 Å². The van der Waals surface area contributed by atoms with Crippen molar-refractivity contribution < 1.29 is 29.3 Å². The van der Waals surface area contributed by atoms with Crippen molar-refractivity contribution in [2.45, 2.75) is 82.0 Å². The molecule has 0 aromatic carbocycles. The van der Waals surface area contributed by atoms with Crippen molar-refractivity contribution in [2.24, 2.45) is 4.99 Å². The molecule has 0 aromatic heterocycles. The maximum absolute atomic E-state index is 11.5. The van der Waals surface area contributed by atoms with Gasteiger partial charge in [-0.05, 0) is 24.6 Å². The van der Waals surface area contributed by atoms with Gasteiger partial charge in [-0.25, -0.2) is 4.79 Å². The van der Waals surface area contributed by atoms with Crippen molar-refractivity contribution >= 4 is 31.3 Å². The Morgan fingerprint density at radius 3 is 2.48 bits per heavy atom. The van der Waals surface area contributed by atoms with Gasteiger partial charge < -0.3 is 24.5 Å². The molecule has 0 aliphatic carbocycles. The quantitative estimate of drug-likeness (QED) is 0.585. The van der Waals surface area contributed by atoms with Crippen molar-refractivity contribution in [1.82, 2.24) is 4.90 Å². The summed E-state index contributed by atoms with van der Waals surface area (Å²) >= 11 is 1.18. The molecule has 2 heterocycles. The summed E-state index contributed by atoms with van der Waals surface area (Å²) in [6.07, 6.45) is -3.38. The SMILES string of the molecule is CCCN(C(=O)O)C1=N[C@@H]2[C@@H](O)[C@H](O)[C@@H](CO[Si](C)(C)C(C)(C)C)O[C@@H]2S1. The molecule has 8 nitrogen and oxygen atoms in total. The molecule has 1 fully saturated rings. The van der Waals surface area contributed by atoms with E-state index >= 15 is 0 Å². The molecule has 0 aromatic rings. The zero-order chi connectivity index (χ0) is 20.6. The van der Waals surface area contributed by atoms with Crippen LogP contribution in [0.15, 0.2) is 4.99 Å². The summed E-state index contributed by atoms with van der Waals surface area (Å²) in [5, 5.41) is 30.7. The van der Waals surface area contributed by atoms with Crippen LogP contribution in [0.3, 0.4) is 0 Å². The average molecular weight is 421 g/mol. The number of aliphatic hydroxyl groups excluding tert-OH is 2. The number of amidine groups is 1. The Balaban J connectivity index is 2.07. The molecule has 156 valence electrons. The van der Waals surface area contributed by atoms with Crippen LogP contribution in [-0.2, 0) is 9.16 Å². The highest BCUT2D eigenvalue weighted by atomic mass is 32.2. The summed E-state index contributed by atoms with van der Waals surface area (Å²) in [4.78, 5) is 16.9. The number of carboxylic acid groups (broad SMARTS) is 1. The number of aliphatic imine (C=N–C) groups is 1. The third-order valence-electron chi connectivity index (χ3n) is 5.47. The molecular weight excluding hydrogens is 388 g/mol. The lowest BCUT2D eigenvalue weighted by molar-refractivity contribution is -0.162. The zero-order valence-corrected chi connectivity index (χ0v) is 18.7. The van der Waals surface area contributed by atoms with Crippen LogP contribution >= 0.6 is 11.8 Å². The fourth-order valence-corrected chi connectivity index (χ4v) is 4.95. The molecule has 10 heteroatoms. The first-order chi connectivity index (χ1) is 12.4. The van der Waals surface area contributed by atoms with Gasteiger partial charge in [0.15, 0.2) is 13.5 Å². The number of hydrogen-bond donors (Lipinski definition) is 3. The van der Waals surface area contributed by atoms with Gasteiger partial charge in [-0.15, -0.1) is 0 Å². The molecule has 27 heavy (non-hydrogen) atoms. The van der Waals surface area contributed by atoms with Crippen LogP contribution in [0.5, 0.6) is 0 Å². The number of thioether (sulfide) groups is 1. The van der Waals surface area contributed by atoms with Crippen LogP contribution in [0.2, 0.25) is 18.1 Å². The maximum Gasteiger partial charge on any atom is 0.413 e. The lowest BCUT2D eigenvalue weighted by Gasteiger charge is -2.41. The lowest BCUT2D eigenvalue weighted by atomic mass is 9.99. The Morgan fingerprint density at radius 2 is 1.96 bits per heavy atom. The number of aliphatic hydroxyl groups is 2. The van der Waals surface area contributed by atoms with E-state index in [4.69, 9.17) is 9.16 Å². The van der Waals surface area contributed by atoms with E-state index in [1.54, 1.807) is 0 Å². The minimum Gasteiger partial charge on any atom is -0.465 e. The number of fused-ring (bicyclic) bond motifs is 1. The first-order valence-corrected chi connectivity index (χ1v) is 13.1. The standard InChI is InChI=1S/C17H32N2O6SSi/c1-7-8-19(16(22)23)15-18-11-13(21)12(20)10(25-14(11)26-15)9-24-27(5,6)17(2,3)4/h10-14,20-21H,7-9H2,1-6H3,(H,22,23)/t10-,11-,12-,13-,14-/m1/s1. The summed E-state index contributed by atoms with van der Waals surface area (Å²) in [7, 11) is -2.03. The second kappa shape index (κ2) is 8.38. The molecule has 0 spiro atoms. The van der Waals surface area contributed by atoms with Gasteiger partial charge in [0, 0.05) is 6.54 Å². The summed E-state index contributed by atoms with van der Waals surface area (Å²) in [5.74, 6) is 0. The highest BCUT2D eigenvalue weighted by molar-refractivity contribution is 8.14. The Morgan fingerprint density at radius 1 is 1.33 bits per heavy atom. The zero-order valence-electron chi connectivity index (χ0n) is 16.9. The smallest absolute Gasteiger partial charge is 0.413 e. The Bertz CT molecular complexity index is 582. The predicted octanol–water partition coefficient (Wildman–Crippen LogP) is 2.32. The molecule has 3 N–H and O–H groups in total. The van der Waals surface area contributed by atoms with Crippen LogP contribution in [0, 0.1) is 0 Å². The number of carbonyl (C=O) groups is 1. The summed E-state index contributed by atoms with van der Waals surface area (Å²) in [6, 6.07) is -0.692. The molecule has 0 bridgehead atoms. The van der Waals surface area contributed by atoms with Gasteiger partial charge in [-0.2, -0.15) is 0 Å². The van der Waals surface area contributed by atoms with E-state index in [0.717, 1.165) is 4.90 Å². The molecule has 0 saturated carbocycles. The number of ether oxygens (including phenoxy) is 1. The second-order valence-corrected chi connectivity index (χ2v) is 14.4. The van der Waals surface area contributed by atoms with Gasteiger partial charge in [-0.1, -0.05) is 39.5 Å². The van der Waals surface area contributed by atoms with Gasteiger partial charge in [0.25, 0.3) is 0 Å². The van der Waals surface area contributed by atoms with E-state index in [2.05, 4.69) is 38.9 Å². The Hall–Kier alpha value is -0.653. The van der Waals surface area contributed by atoms with Crippen molar-refractivity contribution in [3.8, 4) is 0 Å². The maximum atomic E-state index is 11.5. The van der Waals surface area contributed by atoms with E-state index in [1.807, 2.05) is 6.92 Å². The summed E-state index contributed by atoms with van der Waals surface area (Å²) in [6.45, 7) is 13.0. The second-order valence-electron chi connectivity index (χ2n) is 8.55. The van der Waals surface area contributed by atoms with E-state index < -0.39 is 44.2 Å². The topological polar surface area (TPSA) is 112 Å². The third kappa shape index (κ3) is 4.85. The largest absolute Gasteiger partial charge is 0.465 e. The molecule has 5 atom stereocenters. The van der Waals surface area contributed by atoms with Gasteiger partial charge in [0.05, 0.1) is 6.61 Å². The van der Waals surface area contributed by atoms with E-state index in [1.165, 1.54) is 11.8 Å². The minimum absolute atomic E-state index is 0.0221. The Kier molecular flexibility index (Phi) is 7.02. The van der Waals surface area contributed by atoms with Crippen molar-refractivity contribution in [3.63, 3.8) is 0 Å². The van der Waals surface area contributed by atoms with E-state index in [0.29, 0.717) is 18.1 Å². The molecule has 2 rings (SSSR count). The van der Waals surface area contributed by atoms with Gasteiger partial charge in [-0.3, -0.25) is 9.89 Å². The number of amides is 1. The van der Waals surface area contributed by atoms with Crippen molar-refractivity contribution in [3.05, 3.63) is 0 Å². The molecular formula is C17H32N2O6SSi. The summed E-state index contributed by atoms with van der Waals surface area (Å²) in [5.41, 5.74) is -0.537. The highest BCUT2D eigenvalue weighted by Crippen LogP contribution is 2.40. The van der Waals surface area contributed by atoms with Gasteiger partial charge in [0.2, 0.25) is 0 Å². The van der Waals surface area contributed by atoms with Crippen molar-refractivity contribution in [1.29, 1.82) is 0 Å². The number of nitrogens with zero attached hydrogens (tertiary/aromatic N) is 2. The lowest BCUT2D eigenvalue weighted by Crippen LogP contribution is -2.57. The normalized spacial score (nSPS) is 31.4. The minimum atomic E-state index is -2.03. The monoisotopic (exact) mass is 420 g/mol. The van der Waals surface area contributed by atoms with Crippen LogP contribution in [0.1, 0.15) is 34.1 Å². The summed E-state index contributed by atoms with van der Waals surface area (Å²) < 4.78 is 12.1. The van der Waals surface area contributed by atoms with Gasteiger partial charge >= 0.3 is 6.09 Å². The van der Waals surface area contributed by atoms with E-state index in [9.17, 15) is 20.1 Å². The number of hydrogen-bond acceptors (Lipinski definition) is 7. The van der Waals surface area contributed by atoms with Crippen LogP contribution in [-0.4, -0.2) is 82.7 Å². The molecule has 0 radical (unpaired) electrons. The average Bonchev–Trinajstić information content (AvgIpc) is 2.97. The molecule has 2 aliphatic rings. The fraction of sp³-hybridized carbons (Fsp3) is 0.882. The molecule has 1 saturated heterocycles. The Labute approximate surface area is 166 Å². The molecule has 2 aliphatic heterocycles. The fourth-order valence-electron chi connectivity index (χ4n) is 2.69. The first-order valence-electron chi connectivity index (χ1n) is 9.29. The first kappa shape index (κ1) is 22.6. The molecule has 1 amide bonds. The van der Waals surface area contributed by atoms with E-state index in [-0.39, 0.29) is 11.6 Å². The number of rotatable bonds is 5.